The number of aromatic nitrogens is 3. The molecule has 0 aliphatic heterocycles. The maximum absolute atomic E-state index is 11.8. The number of halogens is 1. The quantitative estimate of drug-likeness (QED) is 0.857. The molecule has 2 heterocycles. The summed E-state index contributed by atoms with van der Waals surface area (Å²) in [5.41, 5.74) is 1.89. The predicted molar refractivity (Wildman–Crippen MR) is 78.6 cm³/mol. The molecule has 2 rings (SSSR count). The van der Waals surface area contributed by atoms with E-state index in [9.17, 15) is 4.79 Å². The summed E-state index contributed by atoms with van der Waals surface area (Å²) in [4.78, 5) is 23.2. The van der Waals surface area contributed by atoms with Crippen LogP contribution in [0.3, 0.4) is 0 Å². The van der Waals surface area contributed by atoms with Gasteiger partial charge in [0, 0.05) is 18.8 Å². The molecule has 0 aliphatic carbocycles. The lowest BCUT2D eigenvalue weighted by atomic mass is 10.2. The summed E-state index contributed by atoms with van der Waals surface area (Å²) in [6.07, 6.45) is 5.95. The molecular formula is C13H14IN3O. The molecule has 0 aliphatic rings. The molecule has 0 unspecified atom stereocenters. The lowest BCUT2D eigenvalue weighted by Gasteiger charge is -2.05. The maximum atomic E-state index is 11.8. The van der Waals surface area contributed by atoms with E-state index in [4.69, 9.17) is 0 Å². The predicted octanol–water partition coefficient (Wildman–Crippen LogP) is 2.31. The number of aryl methyl sites for hydroxylation is 1. The molecule has 2 aromatic heterocycles. The first-order valence-corrected chi connectivity index (χ1v) is 6.95. The summed E-state index contributed by atoms with van der Waals surface area (Å²) >= 11 is 2.06. The monoisotopic (exact) mass is 355 g/mol. The van der Waals surface area contributed by atoms with Gasteiger partial charge in [0.05, 0.1) is 9.26 Å². The van der Waals surface area contributed by atoms with Crippen LogP contribution < -0.4 is 5.56 Å². The third kappa shape index (κ3) is 3.16. The second-order valence-electron chi connectivity index (χ2n) is 4.06. The summed E-state index contributed by atoms with van der Waals surface area (Å²) in [6, 6.07) is 3.86. The fraction of sp³-hybridized carbons (Fsp3) is 0.308. The third-order valence-electron chi connectivity index (χ3n) is 2.56. The van der Waals surface area contributed by atoms with Gasteiger partial charge in [-0.2, -0.15) is 0 Å². The molecule has 0 bridgehead atoms. The zero-order chi connectivity index (χ0) is 13.0. The molecule has 0 fully saturated rings. The average molecular weight is 355 g/mol. The van der Waals surface area contributed by atoms with Crippen molar-refractivity contribution < 1.29 is 0 Å². The van der Waals surface area contributed by atoms with Gasteiger partial charge >= 0.3 is 0 Å². The van der Waals surface area contributed by atoms with Gasteiger partial charge in [-0.05, 0) is 40.6 Å². The number of nitrogens with one attached hydrogen (secondary N) is 1. The highest BCUT2D eigenvalue weighted by molar-refractivity contribution is 14.1. The van der Waals surface area contributed by atoms with E-state index in [0.717, 1.165) is 24.1 Å². The van der Waals surface area contributed by atoms with Crippen molar-refractivity contribution in [1.82, 2.24) is 15.0 Å². The van der Waals surface area contributed by atoms with E-state index >= 15 is 0 Å². The van der Waals surface area contributed by atoms with Crippen LogP contribution in [0.5, 0.6) is 0 Å². The molecule has 0 saturated carbocycles. The van der Waals surface area contributed by atoms with Crippen LogP contribution in [0.1, 0.15) is 30.4 Å². The minimum Gasteiger partial charge on any atom is -0.309 e. The molecule has 0 saturated heterocycles. The van der Waals surface area contributed by atoms with Gasteiger partial charge in [0.15, 0.2) is 0 Å². The zero-order valence-corrected chi connectivity index (χ0v) is 12.3. The van der Waals surface area contributed by atoms with Crippen molar-refractivity contribution in [3.8, 4) is 0 Å². The first kappa shape index (κ1) is 13.2. The Hall–Kier alpha value is -1.24. The molecule has 2 aromatic rings. The van der Waals surface area contributed by atoms with Crippen LogP contribution in [0.2, 0.25) is 0 Å². The van der Waals surface area contributed by atoms with Gasteiger partial charge in [-0.1, -0.05) is 19.4 Å². The lowest BCUT2D eigenvalue weighted by molar-refractivity contribution is 0.821. The summed E-state index contributed by atoms with van der Waals surface area (Å²) in [7, 11) is 0. The van der Waals surface area contributed by atoms with Crippen molar-refractivity contribution in [3.05, 3.63) is 55.5 Å². The lowest BCUT2D eigenvalue weighted by Crippen LogP contribution is -2.18. The van der Waals surface area contributed by atoms with Crippen molar-refractivity contribution in [2.45, 2.75) is 26.2 Å². The highest BCUT2D eigenvalue weighted by atomic mass is 127. The number of rotatable bonds is 4. The maximum Gasteiger partial charge on any atom is 0.264 e. The molecule has 94 valence electrons. The van der Waals surface area contributed by atoms with Gasteiger partial charge in [-0.15, -0.1) is 0 Å². The summed E-state index contributed by atoms with van der Waals surface area (Å²) < 4.78 is 0.699. The van der Waals surface area contributed by atoms with E-state index in [1.807, 2.05) is 12.1 Å². The van der Waals surface area contributed by atoms with E-state index in [2.05, 4.69) is 44.5 Å². The Kier molecular flexibility index (Phi) is 4.46. The smallest absolute Gasteiger partial charge is 0.264 e. The van der Waals surface area contributed by atoms with Crippen molar-refractivity contribution in [1.29, 1.82) is 0 Å². The normalized spacial score (nSPS) is 10.6. The minimum atomic E-state index is -0.0482. The Balaban J connectivity index is 2.32. The number of pyridine rings is 1. The van der Waals surface area contributed by atoms with Crippen LogP contribution in [0.4, 0.5) is 0 Å². The van der Waals surface area contributed by atoms with Crippen LogP contribution in [-0.2, 0) is 12.8 Å². The largest absolute Gasteiger partial charge is 0.309 e. The number of aromatic amines is 1. The van der Waals surface area contributed by atoms with Gasteiger partial charge in [0.25, 0.3) is 5.56 Å². The van der Waals surface area contributed by atoms with E-state index in [1.54, 1.807) is 12.4 Å². The molecule has 18 heavy (non-hydrogen) atoms. The van der Waals surface area contributed by atoms with Gasteiger partial charge < -0.3 is 4.98 Å². The second kappa shape index (κ2) is 6.08. The Labute approximate surface area is 119 Å². The van der Waals surface area contributed by atoms with Crippen molar-refractivity contribution in [3.63, 3.8) is 0 Å². The van der Waals surface area contributed by atoms with E-state index < -0.39 is 0 Å². The topological polar surface area (TPSA) is 58.6 Å². The summed E-state index contributed by atoms with van der Waals surface area (Å²) in [5.74, 6) is 0.705. The zero-order valence-electron chi connectivity index (χ0n) is 10.1. The van der Waals surface area contributed by atoms with Crippen molar-refractivity contribution >= 4 is 22.6 Å². The molecule has 0 radical (unpaired) electrons. The van der Waals surface area contributed by atoms with Crippen LogP contribution in [0.15, 0.2) is 29.3 Å². The van der Waals surface area contributed by atoms with Crippen molar-refractivity contribution in [2.24, 2.45) is 0 Å². The van der Waals surface area contributed by atoms with Crippen LogP contribution in [0, 0.1) is 3.57 Å². The fourth-order valence-electron chi connectivity index (χ4n) is 1.74. The average Bonchev–Trinajstić information content (AvgIpc) is 2.37. The van der Waals surface area contributed by atoms with E-state index in [0.29, 0.717) is 15.8 Å². The Morgan fingerprint density at radius 1 is 1.44 bits per heavy atom. The molecule has 0 aromatic carbocycles. The molecule has 0 spiro atoms. The number of H-pyrrole nitrogens is 1. The van der Waals surface area contributed by atoms with Crippen LogP contribution >= 0.6 is 22.6 Å². The third-order valence-corrected chi connectivity index (χ3v) is 3.67. The standard InChI is InChI=1S/C13H14IN3O/c1-2-4-10-12(14)13(18)17-11(16-10)7-9-5-3-6-15-8-9/h3,5-6,8H,2,4,7H2,1H3,(H,16,17,18). The Morgan fingerprint density at radius 3 is 2.94 bits per heavy atom. The SMILES string of the molecule is CCCc1nc(Cc2cccnc2)[nH]c(=O)c1I. The van der Waals surface area contributed by atoms with Crippen LogP contribution in [0.25, 0.3) is 0 Å². The fourth-order valence-corrected chi connectivity index (χ4v) is 2.26. The Bertz CT molecular complexity index is 581. The Morgan fingerprint density at radius 2 is 2.28 bits per heavy atom. The molecule has 0 atom stereocenters. The van der Waals surface area contributed by atoms with Gasteiger partial charge in [0.2, 0.25) is 0 Å². The summed E-state index contributed by atoms with van der Waals surface area (Å²) in [5, 5.41) is 0. The number of nitrogens with zero attached hydrogens (tertiary/aromatic N) is 2. The first-order chi connectivity index (χ1) is 8.70. The van der Waals surface area contributed by atoms with E-state index in [-0.39, 0.29) is 5.56 Å². The van der Waals surface area contributed by atoms with Crippen LogP contribution in [-0.4, -0.2) is 15.0 Å². The second-order valence-corrected chi connectivity index (χ2v) is 5.14. The van der Waals surface area contributed by atoms with E-state index in [1.165, 1.54) is 0 Å². The summed E-state index contributed by atoms with van der Waals surface area (Å²) in [6.45, 7) is 2.08. The molecule has 1 N–H and O–H groups in total. The minimum absolute atomic E-state index is 0.0482. The van der Waals surface area contributed by atoms with Gasteiger partial charge in [-0.25, -0.2) is 4.98 Å². The molecule has 4 nitrogen and oxygen atoms in total. The molecule has 0 amide bonds. The van der Waals surface area contributed by atoms with Crippen molar-refractivity contribution in [2.75, 3.05) is 0 Å². The molecule has 5 heteroatoms. The highest BCUT2D eigenvalue weighted by Gasteiger charge is 2.08. The highest BCUT2D eigenvalue weighted by Crippen LogP contribution is 2.09. The number of hydrogen-bond acceptors (Lipinski definition) is 3. The van der Waals surface area contributed by atoms with Gasteiger partial charge in [0.1, 0.15) is 5.82 Å². The molecular weight excluding hydrogens is 341 g/mol. The first-order valence-electron chi connectivity index (χ1n) is 5.87. The number of hydrogen-bond donors (Lipinski definition) is 1. The van der Waals surface area contributed by atoms with Gasteiger partial charge in [-0.3, -0.25) is 9.78 Å².